The average molecular weight is 1300 g/mol. The number of fused-ring (bicyclic) bond motifs is 5. The smallest absolute Gasteiger partial charge is 0.314 e. The van der Waals surface area contributed by atoms with Gasteiger partial charge in [0.25, 0.3) is 0 Å². The molecule has 0 atom stereocenters. The number of carbonyl (C=O) groups excluding carboxylic acids is 2. The number of carboxylic acid groups (broad SMARTS) is 1. The Hall–Kier alpha value is -6.05. The van der Waals surface area contributed by atoms with Crippen molar-refractivity contribution >= 4 is 116 Å². The Morgan fingerprint density at radius 1 is 0.570 bits per heavy atom. The fourth-order valence-corrected chi connectivity index (χ4v) is 10.2. The summed E-state index contributed by atoms with van der Waals surface area (Å²) in [7, 11) is 7.36. The summed E-state index contributed by atoms with van der Waals surface area (Å²) in [5, 5.41) is 14.5. The van der Waals surface area contributed by atoms with Gasteiger partial charge in [0.15, 0.2) is 34.5 Å². The molecule has 22 heteroatoms. The lowest BCUT2D eigenvalue weighted by atomic mass is 9.92. The number of aliphatic carboxylic acids is 1. The third kappa shape index (κ3) is 16.8. The molecule has 0 unspecified atom stereocenters. The van der Waals surface area contributed by atoms with Crippen molar-refractivity contribution in [2.24, 2.45) is 0 Å². The number of nitrogens with one attached hydrogen (secondary N) is 3. The molecule has 5 aromatic carbocycles. The highest BCUT2D eigenvalue weighted by atomic mass is 36.0. The Morgan fingerprint density at radius 3 is 1.28 bits per heavy atom. The van der Waals surface area contributed by atoms with Crippen molar-refractivity contribution < 1.29 is 52.1 Å². The number of alkyl halides is 2. The van der Waals surface area contributed by atoms with Crippen LogP contribution in [0.3, 0.4) is 0 Å². The Balaban J connectivity index is 0.000000158. The summed E-state index contributed by atoms with van der Waals surface area (Å²) < 4.78 is 40.8. The van der Waals surface area contributed by atoms with Crippen molar-refractivity contribution in [1.82, 2.24) is 14.9 Å². The Kier molecular flexibility index (Phi) is 22.6. The number of aromatic nitrogens is 2. The number of rotatable bonds is 10. The first-order valence-electron chi connectivity index (χ1n) is 28.3. The third-order valence-electron chi connectivity index (χ3n) is 15.7. The van der Waals surface area contributed by atoms with E-state index in [2.05, 4.69) is 116 Å². The highest BCUT2D eigenvalue weighted by Crippen LogP contribution is 2.53. The number of amides is 1. The van der Waals surface area contributed by atoms with Gasteiger partial charge in [0.1, 0.15) is 0 Å². The predicted molar refractivity (Wildman–Crippen MR) is 346 cm³/mol. The lowest BCUT2D eigenvalue weighted by Gasteiger charge is -2.16. The molecule has 0 radical (unpaired) electrons. The van der Waals surface area contributed by atoms with Crippen LogP contribution in [0.4, 0.5) is 11.4 Å². The fourth-order valence-electron chi connectivity index (χ4n) is 9.92. The second-order valence-electron chi connectivity index (χ2n) is 23.4. The fraction of sp³-hybridized carbons (Fsp3) is 0.422. The number of anilines is 2. The molecule has 6 aliphatic rings. The summed E-state index contributed by atoms with van der Waals surface area (Å²) in [6.45, 7) is 24.0. The number of H-pyrrole nitrogens is 2. The summed E-state index contributed by atoms with van der Waals surface area (Å²) in [6, 6.07) is 33.1. The Labute approximate surface area is 529 Å². The van der Waals surface area contributed by atoms with E-state index in [1.165, 1.54) is 36.4 Å². The monoisotopic (exact) mass is 1300 g/mol. The van der Waals surface area contributed by atoms with Crippen molar-refractivity contribution in [1.29, 1.82) is 0 Å². The summed E-state index contributed by atoms with van der Waals surface area (Å²) in [4.78, 5) is 44.8. The Bertz CT molecular complexity index is 3430. The van der Waals surface area contributed by atoms with E-state index >= 15 is 0 Å². The predicted octanol–water partition coefficient (Wildman–Crippen LogP) is 15.5. The van der Waals surface area contributed by atoms with Crippen LogP contribution in [0.1, 0.15) is 129 Å². The van der Waals surface area contributed by atoms with Gasteiger partial charge in [-0.05, 0) is 171 Å². The molecule has 86 heavy (non-hydrogen) atoms. The van der Waals surface area contributed by atoms with E-state index in [1.54, 1.807) is 12.1 Å². The number of hydrogen-bond acceptors (Lipinski definition) is 12. The van der Waals surface area contributed by atoms with Crippen molar-refractivity contribution in [2.75, 3.05) is 56.4 Å². The first-order chi connectivity index (χ1) is 40.8. The van der Waals surface area contributed by atoms with Crippen LogP contribution >= 0.6 is 56.2 Å². The molecule has 3 saturated carbocycles. The van der Waals surface area contributed by atoms with Gasteiger partial charge in [-0.2, -0.15) is 0 Å². The van der Waals surface area contributed by atoms with Gasteiger partial charge >= 0.3 is 5.97 Å². The molecule has 0 bridgehead atoms. The number of ether oxygens (including phenoxy) is 6. The van der Waals surface area contributed by atoms with Crippen LogP contribution < -0.4 is 39.5 Å². The minimum atomic E-state index is -1.67. The number of halogens is 5. The molecule has 2 aromatic heterocycles. The van der Waals surface area contributed by atoms with Crippen molar-refractivity contribution in [3.8, 4) is 34.5 Å². The number of nitrogens with two attached hydrogens (primary N) is 1. The first-order valence-corrected chi connectivity index (χ1v) is 32.6. The molecule has 5 heterocycles. The molecule has 3 aliphatic heterocycles. The van der Waals surface area contributed by atoms with Gasteiger partial charge in [0, 0.05) is 76.8 Å². The maximum atomic E-state index is 13.1. The van der Waals surface area contributed by atoms with Crippen LogP contribution in [-0.4, -0.2) is 86.7 Å². The van der Waals surface area contributed by atoms with Gasteiger partial charge in [0.05, 0.1) is 21.6 Å². The first kappa shape index (κ1) is 67.5. The van der Waals surface area contributed by atoms with Gasteiger partial charge in [-0.3, -0.25) is 14.4 Å². The van der Waals surface area contributed by atoms with Gasteiger partial charge in [-0.1, -0.05) is 80.5 Å². The number of nitrogens with zero attached hydrogens (tertiary/aromatic N) is 1. The molecular formula is C64H76Cl5N5O11S. The van der Waals surface area contributed by atoms with Crippen LogP contribution in [0.5, 0.6) is 34.5 Å². The summed E-state index contributed by atoms with van der Waals surface area (Å²) in [5.74, 6) is 3.54. The van der Waals surface area contributed by atoms with Crippen molar-refractivity contribution in [2.45, 2.75) is 128 Å². The molecule has 3 fully saturated rings. The van der Waals surface area contributed by atoms with E-state index in [1.807, 2.05) is 78.9 Å². The maximum Gasteiger partial charge on any atom is 0.314 e. The lowest BCUT2D eigenvalue weighted by Crippen LogP contribution is -2.27. The summed E-state index contributed by atoms with van der Waals surface area (Å²) >= 11 is 15.1. The summed E-state index contributed by atoms with van der Waals surface area (Å²) in [5.41, 5.74) is 13.4. The molecule has 16 nitrogen and oxygen atoms in total. The van der Waals surface area contributed by atoms with E-state index in [0.717, 1.165) is 87.4 Å². The van der Waals surface area contributed by atoms with Gasteiger partial charge in [0.2, 0.25) is 40.8 Å². The third-order valence-corrected chi connectivity index (χ3v) is 16.1. The number of hydrogen-bond donors (Lipinski definition) is 5. The number of carbonyl (C=O) groups is 3. The minimum absolute atomic E-state index is 0.0392. The van der Waals surface area contributed by atoms with E-state index in [0.29, 0.717) is 30.1 Å². The molecule has 6 N–H and O–H groups in total. The number of carboxylic acids is 1. The normalized spacial score (nSPS) is 16.0. The van der Waals surface area contributed by atoms with Gasteiger partial charge in [-0.25, -0.2) is 4.21 Å². The second-order valence-corrected chi connectivity index (χ2v) is 27.1. The van der Waals surface area contributed by atoms with Crippen LogP contribution in [0, 0.1) is 0 Å². The SMILES string of the molecule is CC(C)(C)c1cc2cc(N)ccc2[nH]1.CC(C)(C)c1cc2cc(NC(=O)C3(c4ccc5c(c4)OCO5)CC3)ccc2[nH]1.CCN(CC)CC.ClCCl.O=C(Cl)C1(c2ccc3c(c2)OCO3)CC1.O=C(O)C1(c2ccc3c(c2)OCO3)CC1.O=S(Cl)Cl. The van der Waals surface area contributed by atoms with Gasteiger partial charge < -0.3 is 59.4 Å². The standard InChI is InChI=1S/C23H24N2O3.C12H16N2.C11H9ClO3.C11H10O4.C6H15N.CH2Cl2.Cl2OS/c1-22(2,3)20-11-14-10-16(5-6-17(14)25-20)24-21(26)23(8-9-23)15-4-7-18-19(12-15)28-13-27-18;1-12(2,3)11-7-8-6-9(13)4-5-10(8)14-11;2*12-10(13)11(3-4-11)7-1-2-8-9(5-7)15-6-14-8;1-4-7(5-2)6-3;2-1-3;1-4(2)3/h4-7,10-12,25H,8-9,13H2,1-3H3,(H,24,26);4-7,14H,13H2,1-3H3;1-2,5H,3-4,6H2;1-2,5H,3-4,6H2,(H,12,13);4-6H2,1-3H3;1H2;. The molecule has 1 amide bonds. The molecule has 0 spiro atoms. The van der Waals surface area contributed by atoms with Crippen LogP contribution in [0.25, 0.3) is 21.8 Å². The zero-order valence-electron chi connectivity index (χ0n) is 49.9. The number of benzene rings is 5. The molecule has 0 saturated heterocycles. The van der Waals surface area contributed by atoms with Crippen molar-refractivity contribution in [3.63, 3.8) is 0 Å². The van der Waals surface area contributed by atoms with Gasteiger partial charge in [-0.15, -0.1) is 23.2 Å². The van der Waals surface area contributed by atoms with E-state index in [-0.39, 0.29) is 47.7 Å². The van der Waals surface area contributed by atoms with Crippen molar-refractivity contribution in [3.05, 3.63) is 131 Å². The van der Waals surface area contributed by atoms with Crippen LogP contribution in [0.2, 0.25) is 0 Å². The molecule has 464 valence electrons. The number of nitrogen functional groups attached to an aromatic ring is 1. The summed E-state index contributed by atoms with van der Waals surface area (Å²) in [6.07, 6.45) is 4.77. The highest BCUT2D eigenvalue weighted by Gasteiger charge is 2.53. The molecule has 13 rings (SSSR count). The quantitative estimate of drug-likeness (QED) is 0.0490. The lowest BCUT2D eigenvalue weighted by molar-refractivity contribution is -0.140. The zero-order chi connectivity index (χ0) is 62.8. The zero-order valence-corrected chi connectivity index (χ0v) is 54.5. The van der Waals surface area contributed by atoms with Crippen LogP contribution in [0.15, 0.2) is 103 Å². The minimum Gasteiger partial charge on any atom is -0.481 e. The largest absolute Gasteiger partial charge is 0.481 e. The van der Waals surface area contributed by atoms with Crippen LogP contribution in [-0.2, 0) is 50.7 Å². The molecule has 7 aromatic rings. The van der Waals surface area contributed by atoms with E-state index in [4.69, 9.17) is 78.3 Å². The Morgan fingerprint density at radius 2 is 0.930 bits per heavy atom. The van der Waals surface area contributed by atoms with E-state index < -0.39 is 31.4 Å². The topological polar surface area (TPSA) is 217 Å². The molecule has 3 aliphatic carbocycles. The highest BCUT2D eigenvalue weighted by molar-refractivity contribution is 8.26. The second kappa shape index (κ2) is 28.8. The van der Waals surface area contributed by atoms with E-state index in [9.17, 15) is 14.4 Å². The number of aromatic amines is 2. The maximum absolute atomic E-state index is 13.1. The molecular weight excluding hydrogens is 1220 g/mol. The average Bonchev–Trinajstić information content (AvgIpc) is 2.00.